The number of carbonyl (C=O) groups is 2. The summed E-state index contributed by atoms with van der Waals surface area (Å²) in [6, 6.07) is 19.7. The van der Waals surface area contributed by atoms with Gasteiger partial charge in [0.15, 0.2) is 12.4 Å². The Kier molecular flexibility index (Phi) is 5.49. The normalized spacial score (nSPS) is 10.5. The van der Waals surface area contributed by atoms with Crippen LogP contribution < -0.4 is 5.32 Å². The van der Waals surface area contributed by atoms with Crippen LogP contribution in [0.5, 0.6) is 0 Å². The maximum atomic E-state index is 12.4. The second kappa shape index (κ2) is 8.53. The zero-order chi connectivity index (χ0) is 20.1. The summed E-state index contributed by atoms with van der Waals surface area (Å²) in [5.74, 6) is 0.157. The van der Waals surface area contributed by atoms with E-state index >= 15 is 0 Å². The first-order valence-corrected chi connectivity index (χ1v) is 9.69. The van der Waals surface area contributed by atoms with Crippen LogP contribution in [0.1, 0.15) is 25.9 Å². The molecule has 1 N–H and O–H groups in total. The Morgan fingerprint density at radius 1 is 1.03 bits per heavy atom. The molecule has 0 radical (unpaired) electrons. The summed E-state index contributed by atoms with van der Waals surface area (Å²) in [6.07, 6.45) is 1.60. The first kappa shape index (κ1) is 18.6. The minimum atomic E-state index is -0.531. The van der Waals surface area contributed by atoms with E-state index < -0.39 is 5.97 Å². The molecule has 0 atom stereocenters. The van der Waals surface area contributed by atoms with Gasteiger partial charge in [-0.2, -0.15) is 0 Å². The van der Waals surface area contributed by atoms with Gasteiger partial charge in [-0.3, -0.25) is 4.79 Å². The number of carbonyl (C=O) groups excluding carboxylic acids is 2. The lowest BCUT2D eigenvalue weighted by Crippen LogP contribution is -2.11. The average molecular weight is 404 g/mol. The molecule has 2 heterocycles. The Bertz CT molecular complexity index is 1120. The lowest BCUT2D eigenvalue weighted by molar-refractivity contribution is 0.0439. The Morgan fingerprint density at radius 3 is 2.69 bits per heavy atom. The van der Waals surface area contributed by atoms with E-state index in [2.05, 4.69) is 10.3 Å². The van der Waals surface area contributed by atoms with Crippen molar-refractivity contribution in [3.63, 3.8) is 0 Å². The fourth-order valence-electron chi connectivity index (χ4n) is 2.65. The van der Waals surface area contributed by atoms with Crippen molar-refractivity contribution in [3.05, 3.63) is 94.6 Å². The maximum Gasteiger partial charge on any atom is 0.338 e. The van der Waals surface area contributed by atoms with Gasteiger partial charge in [-0.05, 0) is 29.6 Å². The second-order valence-electron chi connectivity index (χ2n) is 6.07. The molecule has 6 nitrogen and oxygen atoms in total. The number of esters is 1. The zero-order valence-electron chi connectivity index (χ0n) is 15.2. The Balaban J connectivity index is 1.38. The number of anilines is 1. The third-order valence-electron chi connectivity index (χ3n) is 4.04. The van der Waals surface area contributed by atoms with Gasteiger partial charge in [0, 0.05) is 11.3 Å². The molecule has 0 spiro atoms. The van der Waals surface area contributed by atoms with Gasteiger partial charge in [0.05, 0.1) is 16.6 Å². The van der Waals surface area contributed by atoms with Crippen molar-refractivity contribution in [3.8, 4) is 11.3 Å². The van der Waals surface area contributed by atoms with Crippen LogP contribution >= 0.6 is 11.3 Å². The first-order valence-electron chi connectivity index (χ1n) is 8.81. The highest BCUT2D eigenvalue weighted by molar-refractivity contribution is 7.12. The molecule has 4 rings (SSSR count). The highest BCUT2D eigenvalue weighted by Crippen LogP contribution is 2.20. The molecular formula is C22H16N2O4S. The van der Waals surface area contributed by atoms with E-state index in [9.17, 15) is 9.59 Å². The number of benzene rings is 2. The predicted octanol–water partition coefficient (Wildman–Crippen LogP) is 5.01. The molecule has 29 heavy (non-hydrogen) atoms. The van der Waals surface area contributed by atoms with Crippen LogP contribution in [0.2, 0.25) is 0 Å². The van der Waals surface area contributed by atoms with E-state index in [1.54, 1.807) is 42.6 Å². The van der Waals surface area contributed by atoms with Crippen LogP contribution in [0.4, 0.5) is 5.69 Å². The first-order chi connectivity index (χ1) is 14.2. The molecule has 0 unspecified atom stereocenters. The van der Waals surface area contributed by atoms with Gasteiger partial charge in [0.1, 0.15) is 0 Å². The van der Waals surface area contributed by atoms with Crippen LogP contribution in [0, 0.1) is 0 Å². The number of hydrogen-bond donors (Lipinski definition) is 1. The molecule has 0 aliphatic rings. The fourth-order valence-corrected chi connectivity index (χ4v) is 3.27. The molecule has 0 aliphatic carbocycles. The maximum absolute atomic E-state index is 12.4. The number of aromatic nitrogens is 1. The summed E-state index contributed by atoms with van der Waals surface area (Å²) < 4.78 is 10.9. The summed E-state index contributed by atoms with van der Waals surface area (Å²) in [6.45, 7) is -0.0859. The molecule has 0 saturated carbocycles. The van der Waals surface area contributed by atoms with E-state index in [1.807, 2.05) is 35.7 Å². The molecular weight excluding hydrogens is 388 g/mol. The number of hydrogen-bond acceptors (Lipinski definition) is 6. The third-order valence-corrected chi connectivity index (χ3v) is 4.91. The lowest BCUT2D eigenvalue weighted by Gasteiger charge is -2.06. The van der Waals surface area contributed by atoms with E-state index in [0.717, 1.165) is 5.56 Å². The molecule has 0 bridgehead atoms. The van der Waals surface area contributed by atoms with Crippen molar-refractivity contribution in [1.29, 1.82) is 0 Å². The van der Waals surface area contributed by atoms with Gasteiger partial charge in [-0.15, -0.1) is 11.3 Å². The van der Waals surface area contributed by atoms with E-state index in [-0.39, 0.29) is 12.5 Å². The number of nitrogens with zero attached hydrogens (tertiary/aromatic N) is 1. The summed E-state index contributed by atoms with van der Waals surface area (Å²) in [5.41, 5.74) is 1.73. The predicted molar refractivity (Wildman–Crippen MR) is 110 cm³/mol. The number of rotatable bonds is 6. The lowest BCUT2D eigenvalue weighted by atomic mass is 10.2. The van der Waals surface area contributed by atoms with Gasteiger partial charge in [-0.1, -0.05) is 42.5 Å². The Labute approximate surface area is 170 Å². The highest BCUT2D eigenvalue weighted by Gasteiger charge is 2.13. The number of thiophene rings is 1. The molecule has 0 fully saturated rings. The van der Waals surface area contributed by atoms with E-state index in [0.29, 0.717) is 27.8 Å². The average Bonchev–Trinajstić information content (AvgIpc) is 3.45. The van der Waals surface area contributed by atoms with Crippen molar-refractivity contribution in [2.24, 2.45) is 0 Å². The minimum Gasteiger partial charge on any atom is -0.452 e. The summed E-state index contributed by atoms with van der Waals surface area (Å²) in [5, 5.41) is 4.60. The molecule has 0 aliphatic heterocycles. The topological polar surface area (TPSA) is 81.4 Å². The largest absolute Gasteiger partial charge is 0.452 e. The second-order valence-corrected chi connectivity index (χ2v) is 7.02. The fraction of sp³-hybridized carbons (Fsp3) is 0.0455. The van der Waals surface area contributed by atoms with Crippen molar-refractivity contribution < 1.29 is 18.7 Å². The quantitative estimate of drug-likeness (QED) is 0.457. The van der Waals surface area contributed by atoms with Crippen molar-refractivity contribution in [2.75, 3.05) is 5.32 Å². The van der Waals surface area contributed by atoms with Gasteiger partial charge in [0.25, 0.3) is 5.91 Å². The van der Waals surface area contributed by atoms with Gasteiger partial charge in [0.2, 0.25) is 5.89 Å². The van der Waals surface area contributed by atoms with Crippen molar-refractivity contribution in [2.45, 2.75) is 6.61 Å². The van der Waals surface area contributed by atoms with Crippen molar-refractivity contribution in [1.82, 2.24) is 4.98 Å². The van der Waals surface area contributed by atoms with Gasteiger partial charge in [-0.25, -0.2) is 9.78 Å². The van der Waals surface area contributed by atoms with Crippen LogP contribution in [0.25, 0.3) is 11.3 Å². The van der Waals surface area contributed by atoms with E-state index in [1.165, 1.54) is 11.3 Å². The van der Waals surface area contributed by atoms with E-state index in [4.69, 9.17) is 9.15 Å². The van der Waals surface area contributed by atoms with Crippen LogP contribution in [-0.4, -0.2) is 16.9 Å². The van der Waals surface area contributed by atoms with Crippen LogP contribution in [0.3, 0.4) is 0 Å². The smallest absolute Gasteiger partial charge is 0.338 e. The Morgan fingerprint density at radius 2 is 1.90 bits per heavy atom. The molecule has 7 heteroatoms. The standard InChI is InChI=1S/C22H16N2O4S/c25-21(19-10-5-11-29-19)24-17-9-4-8-16(12-17)22(26)27-14-20-23-13-18(28-20)15-6-2-1-3-7-15/h1-13H,14H2,(H,24,25). The zero-order valence-corrected chi connectivity index (χ0v) is 16.0. The third kappa shape index (κ3) is 4.59. The molecule has 1 amide bonds. The summed E-state index contributed by atoms with van der Waals surface area (Å²) >= 11 is 1.35. The van der Waals surface area contributed by atoms with Gasteiger partial charge >= 0.3 is 5.97 Å². The Hall–Kier alpha value is -3.71. The molecule has 2 aromatic heterocycles. The summed E-state index contributed by atoms with van der Waals surface area (Å²) in [4.78, 5) is 29.2. The molecule has 2 aromatic carbocycles. The van der Waals surface area contributed by atoms with Gasteiger partial charge < -0.3 is 14.5 Å². The molecule has 0 saturated heterocycles. The van der Waals surface area contributed by atoms with Crippen molar-refractivity contribution >= 4 is 28.9 Å². The molecule has 144 valence electrons. The highest BCUT2D eigenvalue weighted by atomic mass is 32.1. The number of amides is 1. The molecule has 4 aromatic rings. The van der Waals surface area contributed by atoms with Crippen LogP contribution in [-0.2, 0) is 11.3 Å². The monoisotopic (exact) mass is 404 g/mol. The SMILES string of the molecule is O=C(OCc1ncc(-c2ccccc2)o1)c1cccc(NC(=O)c2cccs2)c1. The minimum absolute atomic E-state index is 0.0859. The number of oxazole rings is 1. The number of ether oxygens (including phenoxy) is 1. The summed E-state index contributed by atoms with van der Waals surface area (Å²) in [7, 11) is 0. The van der Waals surface area contributed by atoms with Crippen LogP contribution in [0.15, 0.2) is 82.7 Å². The number of nitrogens with one attached hydrogen (secondary N) is 1.